The third-order valence-corrected chi connectivity index (χ3v) is 13.9. The van der Waals surface area contributed by atoms with Gasteiger partial charge in [-0.2, -0.15) is 0 Å². The molecule has 6 aliphatic rings. The van der Waals surface area contributed by atoms with Crippen molar-refractivity contribution in [3.63, 3.8) is 0 Å². The van der Waals surface area contributed by atoms with Crippen LogP contribution in [0, 0.1) is 40.4 Å². The fraction of sp³-hybridized carbons (Fsp3) is 0.743. The second-order valence-electron chi connectivity index (χ2n) is 15.0. The largest absolute Gasteiger partial charge is 0.394 e. The van der Waals surface area contributed by atoms with Crippen molar-refractivity contribution in [3.05, 3.63) is 45.7 Å². The minimum atomic E-state index is -1.00. The molecule has 1 heterocycles. The Hall–Kier alpha value is -1.39. The number of hydrogen-bond acceptors (Lipinski definition) is 8. The number of carbonyl (C=O) groups is 1. The first-order valence-corrected chi connectivity index (χ1v) is 17.2. The summed E-state index contributed by atoms with van der Waals surface area (Å²) in [5.74, 6) is 0.458. The van der Waals surface area contributed by atoms with Crippen molar-refractivity contribution < 1.29 is 30.0 Å². The quantitative estimate of drug-likeness (QED) is 0.165. The summed E-state index contributed by atoms with van der Waals surface area (Å²) in [5.41, 5.74) is -1.43. The van der Waals surface area contributed by atoms with Crippen LogP contribution in [0.15, 0.2) is 35.9 Å². The third-order valence-electron chi connectivity index (χ3n) is 12.9. The molecule has 1 aromatic heterocycles. The maximum Gasteiger partial charge on any atom is 0.199 e. The Morgan fingerprint density at radius 1 is 1.12 bits per heavy atom. The van der Waals surface area contributed by atoms with E-state index in [1.54, 1.807) is 18.4 Å². The molecule has 0 aliphatic heterocycles. The summed E-state index contributed by atoms with van der Waals surface area (Å²) in [5, 5.41) is 43.5. The first-order valence-electron chi connectivity index (χ1n) is 16.3. The number of hydrogen-bond donors (Lipinski definition) is 4. The Morgan fingerprint density at radius 2 is 1.84 bits per heavy atom. The molecule has 1 aromatic rings. The molecule has 3 fully saturated rings. The molecule has 0 aromatic carbocycles. The molecular formula is C35H51NO6S. The number of ether oxygens (including phenoxy) is 1. The topological polar surface area (TPSA) is 110 Å². The average Bonchev–Trinajstić information content (AvgIpc) is 3.52. The van der Waals surface area contributed by atoms with E-state index in [2.05, 4.69) is 37.0 Å². The van der Waals surface area contributed by atoms with Crippen molar-refractivity contribution in [2.24, 2.45) is 33.5 Å². The average molecular weight is 614 g/mol. The summed E-state index contributed by atoms with van der Waals surface area (Å²) in [7, 11) is 1.68. The van der Waals surface area contributed by atoms with Crippen molar-refractivity contribution in [2.45, 2.75) is 89.9 Å². The molecular weight excluding hydrogens is 562 g/mol. The second kappa shape index (κ2) is 11.1. The molecule has 9 unspecified atom stereocenters. The van der Waals surface area contributed by atoms with Crippen molar-refractivity contribution in [2.75, 3.05) is 40.0 Å². The number of aryl methyl sites for hydroxylation is 1. The van der Waals surface area contributed by atoms with E-state index in [0.29, 0.717) is 39.1 Å². The van der Waals surface area contributed by atoms with Crippen molar-refractivity contribution in [3.8, 4) is 0 Å². The predicted molar refractivity (Wildman–Crippen MR) is 168 cm³/mol. The van der Waals surface area contributed by atoms with Crippen LogP contribution in [0.4, 0.5) is 0 Å². The minimum Gasteiger partial charge on any atom is -0.394 e. The highest BCUT2D eigenvalue weighted by atomic mass is 32.1. The molecule has 9 atom stereocenters. The number of rotatable bonds is 11. The van der Waals surface area contributed by atoms with Crippen molar-refractivity contribution in [1.82, 2.24) is 4.90 Å². The number of aliphatic hydroxyl groups is 4. The van der Waals surface area contributed by atoms with E-state index >= 15 is 0 Å². The smallest absolute Gasteiger partial charge is 0.199 e. The zero-order chi connectivity index (χ0) is 30.8. The van der Waals surface area contributed by atoms with Crippen molar-refractivity contribution >= 4 is 17.1 Å². The summed E-state index contributed by atoms with van der Waals surface area (Å²) >= 11 is 1.56. The molecule has 2 spiro atoms. The van der Waals surface area contributed by atoms with Crippen LogP contribution in [0.5, 0.6) is 0 Å². The predicted octanol–water partition coefficient (Wildman–Crippen LogP) is 4.52. The number of methoxy groups -OCH3 is 1. The fourth-order valence-corrected chi connectivity index (χ4v) is 11.5. The Morgan fingerprint density at radius 3 is 2.53 bits per heavy atom. The van der Waals surface area contributed by atoms with Crippen LogP contribution in [0.1, 0.15) is 79.8 Å². The summed E-state index contributed by atoms with van der Waals surface area (Å²) < 4.78 is 5.29. The molecule has 3 saturated carbocycles. The molecule has 0 amide bonds. The van der Waals surface area contributed by atoms with Gasteiger partial charge in [-0.15, -0.1) is 11.3 Å². The lowest BCUT2D eigenvalue weighted by molar-refractivity contribution is -0.177. The lowest BCUT2D eigenvalue weighted by atomic mass is 9.32. The molecule has 7 rings (SSSR count). The van der Waals surface area contributed by atoms with E-state index in [1.165, 1.54) is 0 Å². The van der Waals surface area contributed by atoms with Crippen molar-refractivity contribution in [1.29, 1.82) is 0 Å². The SMILES string of the molecule is COCCCN(CC(O)CO)CC1(O)CCC2C34C=CC5(C=C3C(=O)c3ccc(C)s3)CC(O)CCC5(C)C4CCC21C. The Labute approximate surface area is 260 Å². The van der Waals surface area contributed by atoms with Crippen LogP contribution >= 0.6 is 11.3 Å². The first-order chi connectivity index (χ1) is 20.4. The Kier molecular flexibility index (Phi) is 8.19. The fourth-order valence-electron chi connectivity index (χ4n) is 10.7. The first kappa shape index (κ1) is 31.6. The van der Waals surface area contributed by atoms with Gasteiger partial charge in [0.15, 0.2) is 5.78 Å². The number of fused-ring (bicyclic) bond motifs is 1. The molecule has 43 heavy (non-hydrogen) atoms. The Bertz CT molecular complexity index is 1290. The molecule has 2 bridgehead atoms. The summed E-state index contributed by atoms with van der Waals surface area (Å²) in [6.45, 7) is 8.34. The van der Waals surface area contributed by atoms with Gasteiger partial charge in [0.1, 0.15) is 0 Å². The number of ketones is 1. The number of Topliss-reactive ketones (excluding diaryl/α,β-unsaturated/α-hetero) is 1. The van der Waals surface area contributed by atoms with E-state index in [-0.39, 0.29) is 41.2 Å². The second-order valence-corrected chi connectivity index (χ2v) is 16.3. The molecule has 0 saturated heterocycles. The van der Waals surface area contributed by atoms with Gasteiger partial charge in [0, 0.05) is 60.0 Å². The number of nitrogens with zero attached hydrogens (tertiary/aromatic N) is 1. The van der Waals surface area contributed by atoms with E-state index in [4.69, 9.17) is 4.74 Å². The van der Waals surface area contributed by atoms with E-state index in [1.807, 2.05) is 19.1 Å². The number of allylic oxidation sites excluding steroid dienone is 4. The van der Waals surface area contributed by atoms with E-state index < -0.39 is 22.5 Å². The monoisotopic (exact) mass is 613 g/mol. The lowest BCUT2D eigenvalue weighted by Crippen LogP contribution is -2.67. The van der Waals surface area contributed by atoms with E-state index in [0.717, 1.165) is 53.9 Å². The lowest BCUT2D eigenvalue weighted by Gasteiger charge is -2.71. The highest BCUT2D eigenvalue weighted by Gasteiger charge is 2.74. The number of thiophene rings is 1. The molecule has 6 aliphatic carbocycles. The third kappa shape index (κ3) is 4.61. The maximum atomic E-state index is 14.6. The van der Waals surface area contributed by atoms with Gasteiger partial charge in [-0.1, -0.05) is 32.1 Å². The molecule has 238 valence electrons. The summed E-state index contributed by atoms with van der Waals surface area (Å²) in [6, 6.07) is 3.99. The highest BCUT2D eigenvalue weighted by Crippen LogP contribution is 2.78. The maximum absolute atomic E-state index is 14.6. The molecule has 0 radical (unpaired) electrons. The minimum absolute atomic E-state index is 0.0599. The normalized spacial score (nSPS) is 42.0. The van der Waals surface area contributed by atoms with Crippen LogP contribution in [-0.4, -0.2) is 88.9 Å². The van der Waals surface area contributed by atoms with Crippen LogP contribution < -0.4 is 0 Å². The van der Waals surface area contributed by atoms with Gasteiger partial charge in [0.05, 0.1) is 29.3 Å². The van der Waals surface area contributed by atoms with Gasteiger partial charge in [-0.3, -0.25) is 9.69 Å². The summed E-state index contributed by atoms with van der Waals surface area (Å²) in [4.78, 5) is 18.5. The van der Waals surface area contributed by atoms with Gasteiger partial charge >= 0.3 is 0 Å². The van der Waals surface area contributed by atoms with Gasteiger partial charge in [-0.05, 0) is 87.7 Å². The van der Waals surface area contributed by atoms with Gasteiger partial charge in [0.2, 0.25) is 0 Å². The zero-order valence-corrected chi connectivity index (χ0v) is 27.2. The zero-order valence-electron chi connectivity index (χ0n) is 26.3. The van der Waals surface area contributed by atoms with Gasteiger partial charge in [0.25, 0.3) is 0 Å². The van der Waals surface area contributed by atoms with Crippen LogP contribution in [0.2, 0.25) is 0 Å². The van der Waals surface area contributed by atoms with Crippen LogP contribution in [0.25, 0.3) is 0 Å². The standard InChI is InChI=1S/C35H51NO6S/c1-23-6-7-27(43-23)30(40)26-19-33-14-15-35(26)28(31(33,2)11-8-24(38)18-33)9-12-32(3)29(35)10-13-34(32,41)22-36(16-5-17-42-4)20-25(39)21-37/h6-7,14-15,19,24-25,28-29,37-39,41H,5,8-13,16-18,20-22H2,1-4H3. The number of carbonyl (C=O) groups excluding carboxylic acids is 1. The van der Waals surface area contributed by atoms with Crippen LogP contribution in [-0.2, 0) is 4.74 Å². The van der Waals surface area contributed by atoms with Gasteiger partial charge in [-0.25, -0.2) is 0 Å². The van der Waals surface area contributed by atoms with Gasteiger partial charge < -0.3 is 25.2 Å². The molecule has 8 heteroatoms. The van der Waals surface area contributed by atoms with E-state index in [9.17, 15) is 25.2 Å². The Balaban J connectivity index is 1.42. The highest BCUT2D eigenvalue weighted by molar-refractivity contribution is 7.14. The van der Waals surface area contributed by atoms with Crippen LogP contribution in [0.3, 0.4) is 0 Å². The summed E-state index contributed by atoms with van der Waals surface area (Å²) in [6.07, 6.45) is 12.1. The molecule has 4 N–H and O–H groups in total. The molecule has 7 nitrogen and oxygen atoms in total. The number of aliphatic hydroxyl groups excluding tert-OH is 3.